The molecule has 0 atom stereocenters. The lowest BCUT2D eigenvalue weighted by atomic mass is 9.97. The first-order valence-corrected chi connectivity index (χ1v) is 8.23. The minimum Gasteiger partial charge on any atom is -0.469 e. The second-order valence-electron chi connectivity index (χ2n) is 6.70. The molecule has 1 fully saturated rings. The number of aliphatic imine (C=N–C) groups is 1. The molecule has 0 aromatic rings. The van der Waals surface area contributed by atoms with Crippen molar-refractivity contribution in [1.29, 1.82) is 0 Å². The molecular weight excluding hydrogens is 407 g/mol. The number of carbonyl (C=O) groups excluding carboxylic acids is 1. The van der Waals surface area contributed by atoms with Crippen molar-refractivity contribution in [3.63, 3.8) is 0 Å². The fourth-order valence-corrected chi connectivity index (χ4v) is 2.51. The van der Waals surface area contributed by atoms with Gasteiger partial charge in [-0.15, -0.1) is 24.0 Å². The van der Waals surface area contributed by atoms with E-state index in [-0.39, 0.29) is 41.4 Å². The smallest absolute Gasteiger partial charge is 0.308 e. The van der Waals surface area contributed by atoms with Gasteiger partial charge in [-0.3, -0.25) is 9.79 Å². The predicted octanol–water partition coefficient (Wildman–Crippen LogP) is 1.84. The van der Waals surface area contributed by atoms with Crippen LogP contribution < -0.4 is 10.6 Å². The molecule has 0 spiro atoms. The Morgan fingerprint density at radius 3 is 2.39 bits per heavy atom. The van der Waals surface area contributed by atoms with Crippen molar-refractivity contribution in [3.05, 3.63) is 0 Å². The number of nitrogens with zero attached hydrogens (tertiary/aromatic N) is 2. The highest BCUT2D eigenvalue weighted by atomic mass is 127. The average Bonchev–Trinajstić information content (AvgIpc) is 2.49. The Balaban J connectivity index is 0.00000484. The summed E-state index contributed by atoms with van der Waals surface area (Å²) in [7, 11) is 1.46. The SMILES string of the molecule is CCNC(=NCCNC(C)(C)C)N1CCC(C(=O)OC)CC1.I. The molecule has 23 heavy (non-hydrogen) atoms. The highest BCUT2D eigenvalue weighted by Crippen LogP contribution is 2.18. The number of carbonyl (C=O) groups is 1. The van der Waals surface area contributed by atoms with Crippen LogP contribution in [0.15, 0.2) is 4.99 Å². The van der Waals surface area contributed by atoms with Crippen LogP contribution in [-0.2, 0) is 9.53 Å². The molecule has 0 aromatic carbocycles. The highest BCUT2D eigenvalue weighted by molar-refractivity contribution is 14.0. The van der Waals surface area contributed by atoms with Crippen molar-refractivity contribution in [2.75, 3.05) is 39.8 Å². The summed E-state index contributed by atoms with van der Waals surface area (Å²) in [5.74, 6) is 0.893. The van der Waals surface area contributed by atoms with Gasteiger partial charge >= 0.3 is 5.97 Å². The van der Waals surface area contributed by atoms with Gasteiger partial charge in [-0.2, -0.15) is 0 Å². The van der Waals surface area contributed by atoms with Gasteiger partial charge in [0.05, 0.1) is 19.6 Å². The van der Waals surface area contributed by atoms with Gasteiger partial charge < -0.3 is 20.3 Å². The van der Waals surface area contributed by atoms with Gasteiger partial charge in [0.15, 0.2) is 5.96 Å². The quantitative estimate of drug-likeness (QED) is 0.225. The number of methoxy groups -OCH3 is 1. The standard InChI is InChI=1S/C16H32N4O2.HI/c1-6-17-15(18-9-10-19-16(2,3)4)20-11-7-13(8-12-20)14(21)22-5;/h13,19H,6-12H2,1-5H3,(H,17,18);1H. The molecule has 0 amide bonds. The molecule has 0 saturated carbocycles. The molecule has 1 aliphatic rings. The lowest BCUT2D eigenvalue weighted by molar-refractivity contribution is -0.146. The maximum atomic E-state index is 11.6. The molecule has 1 aliphatic heterocycles. The van der Waals surface area contributed by atoms with Crippen LogP contribution in [0.4, 0.5) is 0 Å². The van der Waals surface area contributed by atoms with Crippen molar-refractivity contribution in [2.45, 2.75) is 46.1 Å². The van der Waals surface area contributed by atoms with E-state index in [0.29, 0.717) is 0 Å². The third-order valence-electron chi connectivity index (χ3n) is 3.69. The first-order valence-electron chi connectivity index (χ1n) is 8.23. The molecule has 1 saturated heterocycles. The summed E-state index contributed by atoms with van der Waals surface area (Å²) in [6, 6.07) is 0. The fraction of sp³-hybridized carbons (Fsp3) is 0.875. The Morgan fingerprint density at radius 1 is 1.30 bits per heavy atom. The number of rotatable bonds is 5. The van der Waals surface area contributed by atoms with Crippen molar-refractivity contribution in [1.82, 2.24) is 15.5 Å². The van der Waals surface area contributed by atoms with Crippen molar-refractivity contribution in [3.8, 4) is 0 Å². The number of ether oxygens (including phenoxy) is 1. The number of guanidine groups is 1. The zero-order chi connectivity index (χ0) is 16.6. The lowest BCUT2D eigenvalue weighted by Gasteiger charge is -2.33. The van der Waals surface area contributed by atoms with E-state index in [2.05, 4.69) is 48.2 Å². The van der Waals surface area contributed by atoms with Crippen molar-refractivity contribution < 1.29 is 9.53 Å². The summed E-state index contributed by atoms with van der Waals surface area (Å²) in [4.78, 5) is 18.5. The van der Waals surface area contributed by atoms with E-state index in [1.165, 1.54) is 7.11 Å². The van der Waals surface area contributed by atoms with Gasteiger partial charge in [-0.25, -0.2) is 0 Å². The number of nitrogens with one attached hydrogen (secondary N) is 2. The average molecular weight is 440 g/mol. The highest BCUT2D eigenvalue weighted by Gasteiger charge is 2.26. The Bertz CT molecular complexity index is 375. The van der Waals surface area contributed by atoms with Crippen LogP contribution in [0.1, 0.15) is 40.5 Å². The molecule has 1 rings (SSSR count). The van der Waals surface area contributed by atoms with Crippen LogP contribution in [0.25, 0.3) is 0 Å². The monoisotopic (exact) mass is 440 g/mol. The number of hydrogen-bond donors (Lipinski definition) is 2. The topological polar surface area (TPSA) is 66.0 Å². The summed E-state index contributed by atoms with van der Waals surface area (Å²) >= 11 is 0. The minimum atomic E-state index is -0.0871. The van der Waals surface area contributed by atoms with Crippen LogP contribution >= 0.6 is 24.0 Å². The van der Waals surface area contributed by atoms with Gasteiger partial charge in [-0.1, -0.05) is 0 Å². The molecule has 0 radical (unpaired) electrons. The van der Waals surface area contributed by atoms with E-state index < -0.39 is 0 Å². The third kappa shape index (κ3) is 8.74. The summed E-state index contributed by atoms with van der Waals surface area (Å²) in [6.07, 6.45) is 1.66. The maximum Gasteiger partial charge on any atom is 0.308 e. The molecule has 1 heterocycles. The van der Waals surface area contributed by atoms with E-state index in [9.17, 15) is 4.79 Å². The summed E-state index contributed by atoms with van der Waals surface area (Å²) < 4.78 is 4.83. The number of likely N-dealkylation sites (tertiary alicyclic amines) is 1. The fourth-order valence-electron chi connectivity index (χ4n) is 2.51. The summed E-state index contributed by atoms with van der Waals surface area (Å²) in [5.41, 5.74) is 0.118. The summed E-state index contributed by atoms with van der Waals surface area (Å²) in [6.45, 7) is 12.7. The van der Waals surface area contributed by atoms with Crippen LogP contribution in [0.5, 0.6) is 0 Å². The zero-order valence-electron chi connectivity index (χ0n) is 15.1. The third-order valence-corrected chi connectivity index (χ3v) is 3.69. The lowest BCUT2D eigenvalue weighted by Crippen LogP contribution is -2.47. The predicted molar refractivity (Wildman–Crippen MR) is 105 cm³/mol. The van der Waals surface area contributed by atoms with Crippen molar-refractivity contribution in [2.24, 2.45) is 10.9 Å². The first kappa shape index (κ1) is 22.4. The Kier molecular flexibility index (Phi) is 10.8. The molecule has 7 heteroatoms. The van der Waals surface area contributed by atoms with Gasteiger partial charge in [-0.05, 0) is 40.5 Å². The molecule has 0 aliphatic carbocycles. The van der Waals surface area contributed by atoms with E-state index in [4.69, 9.17) is 4.74 Å². The second kappa shape index (κ2) is 11.1. The molecule has 0 aromatic heterocycles. The van der Waals surface area contributed by atoms with E-state index in [1.807, 2.05) is 0 Å². The van der Waals surface area contributed by atoms with E-state index >= 15 is 0 Å². The molecule has 2 N–H and O–H groups in total. The van der Waals surface area contributed by atoms with Crippen LogP contribution in [0.3, 0.4) is 0 Å². The molecule has 0 unspecified atom stereocenters. The van der Waals surface area contributed by atoms with E-state index in [1.54, 1.807) is 0 Å². The molecule has 6 nitrogen and oxygen atoms in total. The van der Waals surface area contributed by atoms with Gasteiger partial charge in [0.25, 0.3) is 0 Å². The van der Waals surface area contributed by atoms with Crippen molar-refractivity contribution >= 4 is 35.9 Å². The molecule has 0 bridgehead atoms. The largest absolute Gasteiger partial charge is 0.469 e. The molecule has 136 valence electrons. The number of halogens is 1. The van der Waals surface area contributed by atoms with Gasteiger partial charge in [0.2, 0.25) is 0 Å². The Labute approximate surface area is 157 Å². The normalized spacial score (nSPS) is 16.7. The van der Waals surface area contributed by atoms with Crippen LogP contribution in [0, 0.1) is 5.92 Å². The van der Waals surface area contributed by atoms with Crippen LogP contribution in [-0.4, -0.2) is 62.2 Å². The number of piperidine rings is 1. The molecular formula is C16H33IN4O2. The Hall–Kier alpha value is -0.570. The van der Waals surface area contributed by atoms with Gasteiger partial charge in [0.1, 0.15) is 0 Å². The second-order valence-corrected chi connectivity index (χ2v) is 6.70. The zero-order valence-corrected chi connectivity index (χ0v) is 17.5. The number of esters is 1. The van der Waals surface area contributed by atoms with Crippen LogP contribution in [0.2, 0.25) is 0 Å². The van der Waals surface area contributed by atoms with E-state index in [0.717, 1.165) is 51.5 Å². The maximum absolute atomic E-state index is 11.6. The Morgan fingerprint density at radius 2 is 1.91 bits per heavy atom. The van der Waals surface area contributed by atoms with Gasteiger partial charge in [0, 0.05) is 31.7 Å². The minimum absolute atomic E-state index is 0. The number of hydrogen-bond acceptors (Lipinski definition) is 4. The summed E-state index contributed by atoms with van der Waals surface area (Å²) in [5, 5.41) is 6.78. The first-order chi connectivity index (χ1) is 10.4.